The average molecular weight is 251 g/mol. The minimum absolute atomic E-state index is 0.181. The van der Waals surface area contributed by atoms with E-state index in [1.54, 1.807) is 0 Å². The van der Waals surface area contributed by atoms with E-state index < -0.39 is 0 Å². The summed E-state index contributed by atoms with van der Waals surface area (Å²) >= 11 is 6.13. The minimum Gasteiger partial charge on any atom is -0.361 e. The highest BCUT2D eigenvalue weighted by atomic mass is 35.5. The largest absolute Gasteiger partial charge is 0.361 e. The third kappa shape index (κ3) is 3.08. The summed E-state index contributed by atoms with van der Waals surface area (Å²) in [5.41, 5.74) is 2.00. The van der Waals surface area contributed by atoms with Gasteiger partial charge in [0.25, 0.3) is 0 Å². The van der Waals surface area contributed by atoms with Crippen LogP contribution in [0.4, 0.5) is 0 Å². The Morgan fingerprint density at radius 3 is 2.82 bits per heavy atom. The summed E-state index contributed by atoms with van der Waals surface area (Å²) in [6.07, 6.45) is 0. The second-order valence-corrected chi connectivity index (χ2v) is 4.46. The minimum atomic E-state index is 0.181. The molecule has 0 radical (unpaired) electrons. The van der Waals surface area contributed by atoms with E-state index in [4.69, 9.17) is 16.1 Å². The number of aryl methyl sites for hydroxylation is 1. The van der Waals surface area contributed by atoms with Crippen LogP contribution in [0.25, 0.3) is 0 Å². The Balaban J connectivity index is 1.98. The first-order valence-corrected chi connectivity index (χ1v) is 5.94. The van der Waals surface area contributed by atoms with Crippen molar-refractivity contribution in [1.29, 1.82) is 0 Å². The highest BCUT2D eigenvalue weighted by Gasteiger charge is 2.09. The van der Waals surface area contributed by atoms with Crippen molar-refractivity contribution in [3.8, 4) is 0 Å². The van der Waals surface area contributed by atoms with Crippen molar-refractivity contribution < 1.29 is 4.52 Å². The Labute approximate surface area is 106 Å². The van der Waals surface area contributed by atoms with Crippen molar-refractivity contribution in [1.82, 2.24) is 10.5 Å². The van der Waals surface area contributed by atoms with Crippen LogP contribution in [0.3, 0.4) is 0 Å². The predicted octanol–water partition coefficient (Wildman–Crippen LogP) is 3.49. The molecule has 2 aromatic rings. The molecule has 0 unspecified atom stereocenters. The van der Waals surface area contributed by atoms with Gasteiger partial charge in [0.15, 0.2) is 0 Å². The molecule has 17 heavy (non-hydrogen) atoms. The molecule has 0 fully saturated rings. The Morgan fingerprint density at radius 1 is 1.41 bits per heavy atom. The van der Waals surface area contributed by atoms with Crippen LogP contribution in [0.2, 0.25) is 5.02 Å². The second-order valence-electron chi connectivity index (χ2n) is 4.05. The van der Waals surface area contributed by atoms with Crippen LogP contribution < -0.4 is 5.32 Å². The summed E-state index contributed by atoms with van der Waals surface area (Å²) in [7, 11) is 0. The monoisotopic (exact) mass is 250 g/mol. The fourth-order valence-corrected chi connectivity index (χ4v) is 1.99. The Kier molecular flexibility index (Phi) is 3.82. The van der Waals surface area contributed by atoms with Gasteiger partial charge in [0.1, 0.15) is 5.76 Å². The SMILES string of the molecule is Cc1cc(CN[C@H](C)c2ccccc2Cl)no1. The van der Waals surface area contributed by atoms with Gasteiger partial charge in [-0.15, -0.1) is 0 Å². The van der Waals surface area contributed by atoms with E-state index in [2.05, 4.69) is 17.4 Å². The topological polar surface area (TPSA) is 38.1 Å². The molecule has 0 bridgehead atoms. The summed E-state index contributed by atoms with van der Waals surface area (Å²) in [5, 5.41) is 8.08. The number of hydrogen-bond acceptors (Lipinski definition) is 3. The van der Waals surface area contributed by atoms with Gasteiger partial charge in [0.2, 0.25) is 0 Å². The number of hydrogen-bond donors (Lipinski definition) is 1. The number of rotatable bonds is 4. The molecule has 90 valence electrons. The maximum Gasteiger partial charge on any atom is 0.133 e. The van der Waals surface area contributed by atoms with E-state index in [1.807, 2.05) is 37.3 Å². The molecule has 1 aromatic carbocycles. The third-order valence-electron chi connectivity index (χ3n) is 2.64. The zero-order valence-electron chi connectivity index (χ0n) is 9.90. The number of aromatic nitrogens is 1. The van der Waals surface area contributed by atoms with E-state index in [9.17, 15) is 0 Å². The van der Waals surface area contributed by atoms with Crippen LogP contribution in [0, 0.1) is 6.92 Å². The summed E-state index contributed by atoms with van der Waals surface area (Å²) < 4.78 is 5.01. The number of nitrogens with one attached hydrogen (secondary N) is 1. The van der Waals surface area contributed by atoms with Gasteiger partial charge < -0.3 is 9.84 Å². The molecule has 1 N–H and O–H groups in total. The average Bonchev–Trinajstić information content (AvgIpc) is 2.73. The zero-order valence-corrected chi connectivity index (χ0v) is 10.7. The van der Waals surface area contributed by atoms with Gasteiger partial charge in [-0.1, -0.05) is 35.0 Å². The fraction of sp³-hybridized carbons (Fsp3) is 0.308. The molecule has 3 nitrogen and oxygen atoms in total. The fourth-order valence-electron chi connectivity index (χ4n) is 1.70. The normalized spacial score (nSPS) is 12.6. The van der Waals surface area contributed by atoms with Crippen LogP contribution in [0.15, 0.2) is 34.9 Å². The third-order valence-corrected chi connectivity index (χ3v) is 2.98. The molecule has 0 saturated heterocycles. The molecule has 0 saturated carbocycles. The Hall–Kier alpha value is -1.32. The molecule has 0 spiro atoms. The lowest BCUT2D eigenvalue weighted by Gasteiger charge is -2.14. The quantitative estimate of drug-likeness (QED) is 0.903. The van der Waals surface area contributed by atoms with Gasteiger partial charge in [-0.2, -0.15) is 0 Å². The molecule has 1 aromatic heterocycles. The van der Waals surface area contributed by atoms with Crippen molar-refractivity contribution in [3.05, 3.63) is 52.4 Å². The second kappa shape index (κ2) is 5.34. The standard InChI is InChI=1S/C13H15ClN2O/c1-9-7-11(16-17-9)8-15-10(2)12-5-3-4-6-13(12)14/h3-7,10,15H,8H2,1-2H3/t10-/m1/s1. The van der Waals surface area contributed by atoms with Gasteiger partial charge in [-0.3, -0.25) is 0 Å². The van der Waals surface area contributed by atoms with Gasteiger partial charge in [-0.25, -0.2) is 0 Å². The first kappa shape index (κ1) is 12.1. The first-order valence-electron chi connectivity index (χ1n) is 5.57. The molecule has 1 atom stereocenters. The van der Waals surface area contributed by atoms with Crippen molar-refractivity contribution in [3.63, 3.8) is 0 Å². The zero-order chi connectivity index (χ0) is 12.3. The molecule has 2 rings (SSSR count). The summed E-state index contributed by atoms with van der Waals surface area (Å²) in [6, 6.07) is 9.94. The molecule has 0 aliphatic rings. The first-order chi connectivity index (χ1) is 8.16. The van der Waals surface area contributed by atoms with Crippen LogP contribution in [-0.4, -0.2) is 5.16 Å². The number of halogens is 1. The van der Waals surface area contributed by atoms with E-state index in [0.717, 1.165) is 22.0 Å². The lowest BCUT2D eigenvalue weighted by Crippen LogP contribution is -2.18. The van der Waals surface area contributed by atoms with Crippen LogP contribution in [0.1, 0.15) is 30.0 Å². The van der Waals surface area contributed by atoms with E-state index >= 15 is 0 Å². The maximum atomic E-state index is 6.13. The molecular formula is C13H15ClN2O. The molecule has 0 amide bonds. The van der Waals surface area contributed by atoms with Gasteiger partial charge in [0.05, 0.1) is 5.69 Å². The summed E-state index contributed by atoms with van der Waals surface area (Å²) in [5.74, 6) is 0.826. The van der Waals surface area contributed by atoms with E-state index in [1.165, 1.54) is 0 Å². The summed E-state index contributed by atoms with van der Waals surface area (Å²) in [6.45, 7) is 4.63. The van der Waals surface area contributed by atoms with Crippen molar-refractivity contribution in [2.45, 2.75) is 26.4 Å². The molecule has 0 aliphatic heterocycles. The highest BCUT2D eigenvalue weighted by molar-refractivity contribution is 6.31. The molecule has 1 heterocycles. The van der Waals surface area contributed by atoms with Crippen molar-refractivity contribution in [2.75, 3.05) is 0 Å². The Bertz CT molecular complexity index is 496. The smallest absolute Gasteiger partial charge is 0.133 e. The van der Waals surface area contributed by atoms with E-state index in [-0.39, 0.29) is 6.04 Å². The number of benzene rings is 1. The lowest BCUT2D eigenvalue weighted by atomic mass is 10.1. The lowest BCUT2D eigenvalue weighted by molar-refractivity contribution is 0.386. The molecule has 0 aliphatic carbocycles. The maximum absolute atomic E-state index is 6.13. The molecule has 4 heteroatoms. The summed E-state index contributed by atoms with van der Waals surface area (Å²) in [4.78, 5) is 0. The van der Waals surface area contributed by atoms with Crippen LogP contribution >= 0.6 is 11.6 Å². The number of nitrogens with zero attached hydrogens (tertiary/aromatic N) is 1. The highest BCUT2D eigenvalue weighted by Crippen LogP contribution is 2.22. The van der Waals surface area contributed by atoms with Gasteiger partial charge in [0, 0.05) is 23.7 Å². The van der Waals surface area contributed by atoms with Crippen LogP contribution in [-0.2, 0) is 6.54 Å². The van der Waals surface area contributed by atoms with E-state index in [0.29, 0.717) is 6.54 Å². The predicted molar refractivity (Wildman–Crippen MR) is 67.9 cm³/mol. The Morgan fingerprint density at radius 2 is 2.18 bits per heavy atom. The van der Waals surface area contributed by atoms with Crippen LogP contribution in [0.5, 0.6) is 0 Å². The van der Waals surface area contributed by atoms with Crippen molar-refractivity contribution >= 4 is 11.6 Å². The van der Waals surface area contributed by atoms with Gasteiger partial charge in [-0.05, 0) is 25.5 Å². The molecular weight excluding hydrogens is 236 g/mol. The van der Waals surface area contributed by atoms with Crippen molar-refractivity contribution in [2.24, 2.45) is 0 Å². The van der Waals surface area contributed by atoms with Gasteiger partial charge >= 0.3 is 0 Å².